The third kappa shape index (κ3) is 6.12. The second kappa shape index (κ2) is 12.1. The van der Waals surface area contributed by atoms with E-state index in [9.17, 15) is 18.3 Å². The minimum absolute atomic E-state index is 0.102. The fourth-order valence-corrected chi connectivity index (χ4v) is 7.76. The molecule has 0 atom stereocenters. The van der Waals surface area contributed by atoms with Crippen LogP contribution in [0.1, 0.15) is 47.6 Å². The molecule has 13 heteroatoms. The first-order valence-electron chi connectivity index (χ1n) is 14.7. The van der Waals surface area contributed by atoms with Crippen LogP contribution in [0.3, 0.4) is 0 Å². The van der Waals surface area contributed by atoms with Crippen molar-refractivity contribution in [3.8, 4) is 11.1 Å². The van der Waals surface area contributed by atoms with Gasteiger partial charge in [-0.1, -0.05) is 24.3 Å². The number of rotatable bonds is 8. The van der Waals surface area contributed by atoms with Gasteiger partial charge in [0.05, 0.1) is 22.4 Å². The van der Waals surface area contributed by atoms with Gasteiger partial charge in [-0.2, -0.15) is 0 Å². The number of likely N-dealkylation sites (N-methyl/N-ethyl adjacent to an activating group) is 1. The molecule has 4 N–H and O–H groups in total. The van der Waals surface area contributed by atoms with E-state index in [1.165, 1.54) is 36.7 Å². The average molecular weight is 622 g/mol. The largest absolute Gasteiger partial charge is 0.478 e. The molecular weight excluding hydrogens is 585 g/mol. The zero-order valence-corrected chi connectivity index (χ0v) is 25.3. The van der Waals surface area contributed by atoms with E-state index in [0.29, 0.717) is 28.2 Å². The number of carboxylic acids is 1. The molecule has 0 amide bonds. The quantitative estimate of drug-likeness (QED) is 0.264. The van der Waals surface area contributed by atoms with Crippen molar-refractivity contribution in [3.05, 3.63) is 71.9 Å². The molecule has 1 saturated carbocycles. The maximum atomic E-state index is 15.4. The van der Waals surface area contributed by atoms with E-state index in [1.807, 2.05) is 6.20 Å². The van der Waals surface area contributed by atoms with E-state index in [1.54, 1.807) is 12.1 Å². The number of aromatic carboxylic acids is 1. The van der Waals surface area contributed by atoms with Crippen molar-refractivity contribution < 1.29 is 22.7 Å². The van der Waals surface area contributed by atoms with Gasteiger partial charge in [-0.05, 0) is 62.1 Å². The number of benzene rings is 2. The lowest BCUT2D eigenvalue weighted by molar-refractivity contribution is 0.0696. The summed E-state index contributed by atoms with van der Waals surface area (Å²) in [6.45, 7) is 4.38. The summed E-state index contributed by atoms with van der Waals surface area (Å²) < 4.78 is 45.6. The number of piperazine rings is 1. The number of nitrogen functional groups attached to an aromatic ring is 1. The van der Waals surface area contributed by atoms with Gasteiger partial charge in [0.25, 0.3) is 0 Å². The molecule has 3 heterocycles. The molecule has 2 aliphatic rings. The van der Waals surface area contributed by atoms with Crippen molar-refractivity contribution in [1.82, 2.24) is 24.3 Å². The Morgan fingerprint density at radius 2 is 1.75 bits per heavy atom. The number of carbonyl (C=O) groups is 1. The van der Waals surface area contributed by atoms with Crippen LogP contribution in [0, 0.1) is 5.82 Å². The van der Waals surface area contributed by atoms with Gasteiger partial charge in [0, 0.05) is 50.0 Å². The summed E-state index contributed by atoms with van der Waals surface area (Å²) in [5.41, 5.74) is 7.93. The van der Waals surface area contributed by atoms with Crippen LogP contribution in [0.4, 0.5) is 15.9 Å². The number of carboxylic acid groups (broad SMARTS) is 1. The molecule has 11 nitrogen and oxygen atoms in total. The van der Waals surface area contributed by atoms with Crippen molar-refractivity contribution >= 4 is 38.5 Å². The van der Waals surface area contributed by atoms with Crippen LogP contribution in [0.5, 0.6) is 0 Å². The van der Waals surface area contributed by atoms with Crippen LogP contribution in [0.2, 0.25) is 0 Å². The molecule has 6 rings (SSSR count). The lowest BCUT2D eigenvalue weighted by atomic mass is 9.89. The number of fused-ring (bicyclic) bond motifs is 1. The highest BCUT2D eigenvalue weighted by molar-refractivity contribution is 7.91. The first kappa shape index (κ1) is 30.0. The van der Waals surface area contributed by atoms with Crippen LogP contribution in [-0.2, 0) is 15.8 Å². The highest BCUT2D eigenvalue weighted by Gasteiger charge is 2.30. The first-order valence-corrected chi connectivity index (χ1v) is 16.4. The van der Waals surface area contributed by atoms with Gasteiger partial charge in [0.15, 0.2) is 0 Å². The monoisotopic (exact) mass is 621 g/mol. The molecular formula is C31H36FN7O4S. The summed E-state index contributed by atoms with van der Waals surface area (Å²) in [7, 11) is -1.95. The topological polar surface area (TPSA) is 147 Å². The predicted octanol–water partition coefficient (Wildman–Crippen LogP) is 4.19. The highest BCUT2D eigenvalue weighted by atomic mass is 32.2. The number of anilines is 2. The lowest BCUT2D eigenvalue weighted by Crippen LogP contribution is -2.49. The van der Waals surface area contributed by atoms with E-state index in [2.05, 4.69) is 36.1 Å². The second-order valence-electron chi connectivity index (χ2n) is 11.7. The molecule has 232 valence electrons. The maximum Gasteiger partial charge on any atom is 0.335 e. The van der Waals surface area contributed by atoms with Crippen molar-refractivity contribution in [2.24, 2.45) is 0 Å². The van der Waals surface area contributed by atoms with Crippen molar-refractivity contribution in [3.63, 3.8) is 0 Å². The Labute approximate surface area is 255 Å². The van der Waals surface area contributed by atoms with E-state index >= 15 is 4.39 Å². The van der Waals surface area contributed by atoms with Gasteiger partial charge in [0.1, 0.15) is 23.6 Å². The van der Waals surface area contributed by atoms with Gasteiger partial charge in [0.2, 0.25) is 10.0 Å². The van der Waals surface area contributed by atoms with Crippen molar-refractivity contribution in [2.75, 3.05) is 43.7 Å². The van der Waals surface area contributed by atoms with Crippen LogP contribution in [-0.4, -0.2) is 83.1 Å². The zero-order chi connectivity index (χ0) is 31.0. The number of hydrogen-bond acceptors (Lipinski definition) is 8. The van der Waals surface area contributed by atoms with Gasteiger partial charge in [-0.25, -0.2) is 27.6 Å². The summed E-state index contributed by atoms with van der Waals surface area (Å²) in [5.74, 6) is -2.34. The van der Waals surface area contributed by atoms with Crippen LogP contribution in [0.25, 0.3) is 22.2 Å². The third-order valence-corrected chi connectivity index (χ3v) is 10.1. The Morgan fingerprint density at radius 3 is 2.45 bits per heavy atom. The lowest BCUT2D eigenvalue weighted by Gasteiger charge is -2.41. The Balaban J connectivity index is 1.23. The SMILES string of the molecule is CN1CCN(C2CCC(n3cc(-c4ccc(NS(=O)(=O)Cc5ccccc5C(=O)O)c(F)c4)c4c(N)ncnc43)CC2)CC1. The van der Waals surface area contributed by atoms with Crippen molar-refractivity contribution in [2.45, 2.75) is 43.5 Å². The molecule has 0 unspecified atom stereocenters. The van der Waals surface area contributed by atoms with Gasteiger partial charge >= 0.3 is 5.97 Å². The minimum Gasteiger partial charge on any atom is -0.478 e. The molecule has 2 fully saturated rings. The van der Waals surface area contributed by atoms with E-state index in [-0.39, 0.29) is 28.7 Å². The number of halogens is 1. The predicted molar refractivity (Wildman–Crippen MR) is 167 cm³/mol. The number of nitrogens with zero attached hydrogens (tertiary/aromatic N) is 5. The summed E-state index contributed by atoms with van der Waals surface area (Å²) in [6.07, 6.45) is 7.55. The number of sulfonamides is 1. The van der Waals surface area contributed by atoms with E-state index in [0.717, 1.165) is 51.9 Å². The summed E-state index contributed by atoms with van der Waals surface area (Å²) >= 11 is 0. The smallest absolute Gasteiger partial charge is 0.335 e. The average Bonchev–Trinajstić information content (AvgIpc) is 3.40. The molecule has 0 spiro atoms. The third-order valence-electron chi connectivity index (χ3n) is 8.89. The number of nitrogens with two attached hydrogens (primary N) is 1. The Bertz CT molecular complexity index is 1800. The van der Waals surface area contributed by atoms with Crippen LogP contribution >= 0.6 is 0 Å². The van der Waals surface area contributed by atoms with Crippen LogP contribution < -0.4 is 10.5 Å². The number of aromatic nitrogens is 3. The normalized spacial score (nSPS) is 20.1. The molecule has 44 heavy (non-hydrogen) atoms. The highest BCUT2D eigenvalue weighted by Crippen LogP contribution is 2.39. The molecule has 2 aromatic carbocycles. The van der Waals surface area contributed by atoms with Gasteiger partial charge in [-0.3, -0.25) is 9.62 Å². The van der Waals surface area contributed by atoms with Gasteiger partial charge < -0.3 is 20.3 Å². The van der Waals surface area contributed by atoms with Crippen LogP contribution in [0.15, 0.2) is 55.0 Å². The number of hydrogen-bond donors (Lipinski definition) is 3. The second-order valence-corrected chi connectivity index (χ2v) is 13.4. The van der Waals surface area contributed by atoms with E-state index < -0.39 is 27.6 Å². The summed E-state index contributed by atoms with van der Waals surface area (Å²) in [6, 6.07) is 10.9. The molecule has 4 aromatic rings. The number of nitrogens with one attached hydrogen (secondary N) is 1. The Hall–Kier alpha value is -4.07. The summed E-state index contributed by atoms with van der Waals surface area (Å²) in [4.78, 5) is 25.2. The zero-order valence-electron chi connectivity index (χ0n) is 24.5. The fraction of sp³-hybridized carbons (Fsp3) is 0.387. The molecule has 0 bridgehead atoms. The molecule has 1 saturated heterocycles. The molecule has 0 radical (unpaired) electrons. The summed E-state index contributed by atoms with van der Waals surface area (Å²) in [5, 5.41) is 10.0. The first-order chi connectivity index (χ1) is 21.1. The minimum atomic E-state index is -4.11. The molecule has 1 aliphatic carbocycles. The Morgan fingerprint density at radius 1 is 1.05 bits per heavy atom. The maximum absolute atomic E-state index is 15.4. The Kier molecular flexibility index (Phi) is 8.27. The fourth-order valence-electron chi connectivity index (χ4n) is 6.52. The molecule has 2 aromatic heterocycles. The van der Waals surface area contributed by atoms with Crippen molar-refractivity contribution in [1.29, 1.82) is 0 Å². The van der Waals surface area contributed by atoms with Gasteiger partial charge in [-0.15, -0.1) is 0 Å². The standard InChI is InChI=1S/C31H36FN7O4S/c1-37-12-14-38(15-13-37)22-7-9-23(10-8-22)39-17-25(28-29(33)34-19-35-30(28)39)20-6-11-27(26(32)16-20)36-44(42,43)18-21-4-2-3-5-24(21)31(40)41/h2-6,11,16-17,19,22-23,36H,7-10,12-15,18H2,1H3,(H,40,41)(H2,33,34,35). The van der Waals surface area contributed by atoms with E-state index in [4.69, 9.17) is 5.73 Å². The molecule has 1 aliphatic heterocycles.